The lowest BCUT2D eigenvalue weighted by Gasteiger charge is -2.21. The van der Waals surface area contributed by atoms with Crippen molar-refractivity contribution in [2.75, 3.05) is 37.0 Å². The molecule has 0 saturated heterocycles. The molecule has 0 aliphatic heterocycles. The molecule has 1 N–H and O–H groups in total. The highest BCUT2D eigenvalue weighted by atomic mass is 16.5. The van der Waals surface area contributed by atoms with Gasteiger partial charge in [0.25, 0.3) is 0 Å². The summed E-state index contributed by atoms with van der Waals surface area (Å²) in [5.41, 5.74) is 1.96. The Balaban J connectivity index is 2.64. The van der Waals surface area contributed by atoms with E-state index in [1.54, 1.807) is 0 Å². The first-order valence-electron chi connectivity index (χ1n) is 5.85. The molecule has 0 aliphatic rings. The van der Waals surface area contributed by atoms with Crippen LogP contribution in [0.2, 0.25) is 0 Å². The molecule has 0 saturated carbocycles. The smallest absolute Gasteiger partial charge is 0.250 e. The molecule has 4 heteroatoms. The summed E-state index contributed by atoms with van der Waals surface area (Å²) in [4.78, 5) is 13.5. The van der Waals surface area contributed by atoms with Gasteiger partial charge in [0.15, 0.2) is 0 Å². The van der Waals surface area contributed by atoms with E-state index in [-0.39, 0.29) is 12.5 Å². The van der Waals surface area contributed by atoms with Crippen LogP contribution in [0, 0.1) is 0 Å². The molecule has 0 heterocycles. The van der Waals surface area contributed by atoms with E-state index in [0.717, 1.165) is 18.8 Å². The Morgan fingerprint density at radius 2 is 1.82 bits per heavy atom. The highest BCUT2D eigenvalue weighted by Crippen LogP contribution is 2.17. The molecule has 1 amide bonds. The van der Waals surface area contributed by atoms with E-state index in [2.05, 4.69) is 24.1 Å². The number of carbonyl (C=O) groups is 1. The van der Waals surface area contributed by atoms with Crippen molar-refractivity contribution in [2.45, 2.75) is 13.8 Å². The fourth-order valence-corrected chi connectivity index (χ4v) is 1.67. The van der Waals surface area contributed by atoms with Gasteiger partial charge in [-0.25, -0.2) is 0 Å². The molecule has 94 valence electrons. The fraction of sp³-hybridized carbons (Fsp3) is 0.462. The number of nitrogens with one attached hydrogen (secondary N) is 1. The first-order chi connectivity index (χ1) is 8.21. The van der Waals surface area contributed by atoms with Crippen molar-refractivity contribution >= 4 is 17.3 Å². The van der Waals surface area contributed by atoms with Gasteiger partial charge in [0, 0.05) is 31.6 Å². The molecular formula is C13H20N2O2. The van der Waals surface area contributed by atoms with Crippen LogP contribution < -0.4 is 10.2 Å². The van der Waals surface area contributed by atoms with Crippen molar-refractivity contribution in [3.63, 3.8) is 0 Å². The molecular weight excluding hydrogens is 216 g/mol. The predicted molar refractivity (Wildman–Crippen MR) is 70.5 cm³/mol. The number of methoxy groups -OCH3 is 1. The van der Waals surface area contributed by atoms with Gasteiger partial charge in [0.1, 0.15) is 6.61 Å². The number of rotatable bonds is 6. The lowest BCUT2D eigenvalue weighted by atomic mass is 10.2. The lowest BCUT2D eigenvalue weighted by molar-refractivity contribution is -0.119. The van der Waals surface area contributed by atoms with Crippen LogP contribution in [-0.4, -0.2) is 32.7 Å². The van der Waals surface area contributed by atoms with Gasteiger partial charge in [0.05, 0.1) is 0 Å². The minimum absolute atomic E-state index is 0.0811. The van der Waals surface area contributed by atoms with Gasteiger partial charge in [-0.15, -0.1) is 0 Å². The van der Waals surface area contributed by atoms with Crippen LogP contribution in [0.5, 0.6) is 0 Å². The van der Waals surface area contributed by atoms with Crippen molar-refractivity contribution in [1.82, 2.24) is 0 Å². The van der Waals surface area contributed by atoms with Crippen LogP contribution in [0.25, 0.3) is 0 Å². The summed E-state index contributed by atoms with van der Waals surface area (Å²) < 4.78 is 4.75. The highest BCUT2D eigenvalue weighted by molar-refractivity contribution is 5.91. The Morgan fingerprint density at radius 3 is 2.29 bits per heavy atom. The van der Waals surface area contributed by atoms with Crippen molar-refractivity contribution < 1.29 is 9.53 Å². The fourth-order valence-electron chi connectivity index (χ4n) is 1.67. The summed E-state index contributed by atoms with van der Waals surface area (Å²) in [6.07, 6.45) is 0. The average Bonchev–Trinajstić information content (AvgIpc) is 2.33. The standard InChI is InChI=1S/C13H20N2O2/c1-4-15(5-2)12-8-6-11(7-9-12)14-13(16)10-17-3/h6-9H,4-5,10H2,1-3H3,(H,14,16). The van der Waals surface area contributed by atoms with Crippen LogP contribution in [0.4, 0.5) is 11.4 Å². The number of hydrogen-bond donors (Lipinski definition) is 1. The number of amides is 1. The molecule has 0 atom stereocenters. The van der Waals surface area contributed by atoms with Crippen LogP contribution in [0.3, 0.4) is 0 Å². The van der Waals surface area contributed by atoms with Crippen LogP contribution >= 0.6 is 0 Å². The topological polar surface area (TPSA) is 41.6 Å². The van der Waals surface area contributed by atoms with Crippen LogP contribution in [-0.2, 0) is 9.53 Å². The zero-order valence-electron chi connectivity index (χ0n) is 10.7. The van der Waals surface area contributed by atoms with Gasteiger partial charge in [0.2, 0.25) is 5.91 Å². The van der Waals surface area contributed by atoms with Gasteiger partial charge in [-0.1, -0.05) is 0 Å². The molecule has 1 aromatic carbocycles. The summed E-state index contributed by atoms with van der Waals surface area (Å²) in [7, 11) is 1.50. The third-order valence-electron chi connectivity index (χ3n) is 2.56. The number of ether oxygens (including phenoxy) is 1. The molecule has 4 nitrogen and oxygen atoms in total. The van der Waals surface area contributed by atoms with Crippen molar-refractivity contribution in [1.29, 1.82) is 0 Å². The minimum Gasteiger partial charge on any atom is -0.375 e. The zero-order valence-corrected chi connectivity index (χ0v) is 10.7. The second kappa shape index (κ2) is 6.91. The molecule has 0 unspecified atom stereocenters. The van der Waals surface area contributed by atoms with Gasteiger partial charge < -0.3 is 15.0 Å². The molecule has 0 fully saturated rings. The summed E-state index contributed by atoms with van der Waals surface area (Å²) in [6.45, 7) is 6.28. The first kappa shape index (κ1) is 13.5. The van der Waals surface area contributed by atoms with E-state index < -0.39 is 0 Å². The van der Waals surface area contributed by atoms with E-state index in [1.807, 2.05) is 24.3 Å². The summed E-state index contributed by atoms with van der Waals surface area (Å²) in [6, 6.07) is 7.83. The Hall–Kier alpha value is -1.55. The second-order valence-corrected chi connectivity index (χ2v) is 3.70. The number of nitrogens with zero attached hydrogens (tertiary/aromatic N) is 1. The van der Waals surface area contributed by atoms with E-state index >= 15 is 0 Å². The summed E-state index contributed by atoms with van der Waals surface area (Å²) in [5.74, 6) is -0.136. The lowest BCUT2D eigenvalue weighted by Crippen LogP contribution is -2.21. The Labute approximate surface area is 103 Å². The molecule has 0 radical (unpaired) electrons. The molecule has 0 aliphatic carbocycles. The number of benzene rings is 1. The third kappa shape index (κ3) is 4.07. The molecule has 1 aromatic rings. The Morgan fingerprint density at radius 1 is 1.24 bits per heavy atom. The van der Waals surface area contributed by atoms with E-state index in [0.29, 0.717) is 0 Å². The highest BCUT2D eigenvalue weighted by Gasteiger charge is 2.03. The summed E-state index contributed by atoms with van der Waals surface area (Å²) in [5, 5.41) is 2.76. The quantitative estimate of drug-likeness (QED) is 0.822. The number of anilines is 2. The normalized spacial score (nSPS) is 10.1. The van der Waals surface area contributed by atoms with Crippen LogP contribution in [0.1, 0.15) is 13.8 Å². The van der Waals surface area contributed by atoms with Gasteiger partial charge in [-0.05, 0) is 38.1 Å². The van der Waals surface area contributed by atoms with Crippen molar-refractivity contribution in [3.05, 3.63) is 24.3 Å². The van der Waals surface area contributed by atoms with Crippen molar-refractivity contribution in [3.8, 4) is 0 Å². The van der Waals surface area contributed by atoms with E-state index in [1.165, 1.54) is 12.8 Å². The minimum atomic E-state index is -0.136. The average molecular weight is 236 g/mol. The van der Waals surface area contributed by atoms with Gasteiger partial charge >= 0.3 is 0 Å². The van der Waals surface area contributed by atoms with Gasteiger partial charge in [-0.3, -0.25) is 4.79 Å². The Kier molecular flexibility index (Phi) is 5.49. The maximum absolute atomic E-state index is 11.3. The maximum atomic E-state index is 11.3. The molecule has 0 aromatic heterocycles. The Bertz CT molecular complexity index is 345. The number of carbonyl (C=O) groups excluding carboxylic acids is 1. The molecule has 1 rings (SSSR count). The molecule has 0 spiro atoms. The molecule has 17 heavy (non-hydrogen) atoms. The van der Waals surface area contributed by atoms with Gasteiger partial charge in [-0.2, -0.15) is 0 Å². The van der Waals surface area contributed by atoms with Crippen LogP contribution in [0.15, 0.2) is 24.3 Å². The number of hydrogen-bond acceptors (Lipinski definition) is 3. The van der Waals surface area contributed by atoms with Crippen molar-refractivity contribution in [2.24, 2.45) is 0 Å². The maximum Gasteiger partial charge on any atom is 0.250 e. The monoisotopic (exact) mass is 236 g/mol. The van der Waals surface area contributed by atoms with E-state index in [4.69, 9.17) is 4.74 Å². The second-order valence-electron chi connectivity index (χ2n) is 3.70. The predicted octanol–water partition coefficient (Wildman–Crippen LogP) is 2.12. The zero-order chi connectivity index (χ0) is 12.7. The first-order valence-corrected chi connectivity index (χ1v) is 5.85. The largest absolute Gasteiger partial charge is 0.375 e. The van der Waals surface area contributed by atoms with E-state index in [9.17, 15) is 4.79 Å². The third-order valence-corrected chi connectivity index (χ3v) is 2.56. The SMILES string of the molecule is CCN(CC)c1ccc(NC(=O)COC)cc1. The molecule has 0 bridgehead atoms. The summed E-state index contributed by atoms with van der Waals surface area (Å²) >= 11 is 0.